The molecule has 1 aromatic heterocycles. The van der Waals surface area contributed by atoms with E-state index in [0.29, 0.717) is 0 Å². The SMILES string of the molecule is CCC(=O)C(Br)OC(=O)c1cc(C(=O)OC(Br)C(=O)CC)[nH]n1. The van der Waals surface area contributed by atoms with Crippen LogP contribution in [0.3, 0.4) is 0 Å². The first kappa shape index (κ1) is 19.5. The Balaban J connectivity index is 2.70. The van der Waals surface area contributed by atoms with Gasteiger partial charge in [-0.1, -0.05) is 13.8 Å². The first-order valence-corrected chi connectivity index (χ1v) is 8.44. The molecule has 0 aliphatic heterocycles. The van der Waals surface area contributed by atoms with E-state index in [1.165, 1.54) is 0 Å². The number of ether oxygens (including phenoxy) is 2. The first-order chi connectivity index (χ1) is 10.8. The molecular weight excluding hydrogens is 440 g/mol. The minimum Gasteiger partial charge on any atom is -0.438 e. The summed E-state index contributed by atoms with van der Waals surface area (Å²) in [4.78, 5) is 46.3. The molecule has 23 heavy (non-hydrogen) atoms. The fourth-order valence-corrected chi connectivity index (χ4v) is 2.28. The highest BCUT2D eigenvalue weighted by Gasteiger charge is 2.24. The molecule has 0 bridgehead atoms. The van der Waals surface area contributed by atoms with Gasteiger partial charge in [-0.2, -0.15) is 5.10 Å². The van der Waals surface area contributed by atoms with E-state index in [9.17, 15) is 19.2 Å². The topological polar surface area (TPSA) is 115 Å². The second-order valence-corrected chi connectivity index (χ2v) is 5.91. The van der Waals surface area contributed by atoms with Crippen LogP contribution in [0, 0.1) is 0 Å². The van der Waals surface area contributed by atoms with Crippen LogP contribution in [0.5, 0.6) is 0 Å². The lowest BCUT2D eigenvalue weighted by Gasteiger charge is -2.08. The molecule has 0 radical (unpaired) electrons. The van der Waals surface area contributed by atoms with Gasteiger partial charge >= 0.3 is 11.9 Å². The molecule has 1 aromatic rings. The Labute approximate surface area is 148 Å². The Morgan fingerprint density at radius 3 is 2.00 bits per heavy atom. The number of nitrogens with zero attached hydrogens (tertiary/aromatic N) is 1. The first-order valence-electron chi connectivity index (χ1n) is 6.61. The van der Waals surface area contributed by atoms with Gasteiger partial charge in [-0.3, -0.25) is 14.7 Å². The summed E-state index contributed by atoms with van der Waals surface area (Å²) in [6, 6.07) is 1.11. The summed E-state index contributed by atoms with van der Waals surface area (Å²) in [5.74, 6) is -2.37. The molecule has 2 unspecified atom stereocenters. The standard InChI is InChI=1S/C13H14Br2N2O6/c1-3-8(18)10(14)22-12(20)6-5-7(17-16-6)13(21)23-11(15)9(19)4-2/h5,10-11H,3-4H2,1-2H3,(H,16,17). The number of carbonyl (C=O) groups is 4. The molecule has 1 heterocycles. The largest absolute Gasteiger partial charge is 0.438 e. The summed E-state index contributed by atoms with van der Waals surface area (Å²) < 4.78 is 9.71. The Morgan fingerprint density at radius 2 is 1.52 bits per heavy atom. The Morgan fingerprint density at radius 1 is 1.04 bits per heavy atom. The summed E-state index contributed by atoms with van der Waals surface area (Å²) in [6.45, 7) is 3.25. The van der Waals surface area contributed by atoms with Crippen LogP contribution in [0.4, 0.5) is 0 Å². The van der Waals surface area contributed by atoms with Crippen molar-refractivity contribution in [1.82, 2.24) is 10.2 Å². The number of hydrogen-bond donors (Lipinski definition) is 1. The molecule has 0 amide bonds. The zero-order chi connectivity index (χ0) is 17.6. The Hall–Kier alpha value is -1.55. The number of H-pyrrole nitrogens is 1. The number of esters is 2. The van der Waals surface area contributed by atoms with E-state index >= 15 is 0 Å². The van der Waals surface area contributed by atoms with Gasteiger partial charge in [-0.15, -0.1) is 0 Å². The fraction of sp³-hybridized carbons (Fsp3) is 0.462. The quantitative estimate of drug-likeness (QED) is 0.473. The average molecular weight is 454 g/mol. The lowest BCUT2D eigenvalue weighted by atomic mass is 10.3. The van der Waals surface area contributed by atoms with Crippen LogP contribution in [0.25, 0.3) is 0 Å². The second kappa shape index (κ2) is 8.92. The maximum atomic E-state index is 11.8. The van der Waals surface area contributed by atoms with E-state index in [1.54, 1.807) is 13.8 Å². The zero-order valence-corrected chi connectivity index (χ0v) is 15.5. The van der Waals surface area contributed by atoms with Crippen molar-refractivity contribution in [2.75, 3.05) is 0 Å². The van der Waals surface area contributed by atoms with Crippen molar-refractivity contribution in [3.05, 3.63) is 17.5 Å². The van der Waals surface area contributed by atoms with Gasteiger partial charge in [0, 0.05) is 18.9 Å². The van der Waals surface area contributed by atoms with Crippen LogP contribution in [-0.2, 0) is 19.1 Å². The highest BCUT2D eigenvalue weighted by atomic mass is 79.9. The van der Waals surface area contributed by atoms with Gasteiger partial charge in [0.25, 0.3) is 0 Å². The third-order valence-corrected chi connectivity index (χ3v) is 4.03. The summed E-state index contributed by atoms with van der Waals surface area (Å²) in [7, 11) is 0. The van der Waals surface area contributed by atoms with Crippen LogP contribution in [0.1, 0.15) is 47.7 Å². The summed E-state index contributed by atoms with van der Waals surface area (Å²) in [5.41, 5.74) is -0.323. The molecule has 0 fully saturated rings. The van der Waals surface area contributed by atoms with Crippen molar-refractivity contribution in [2.45, 2.75) is 36.7 Å². The molecule has 1 rings (SSSR count). The maximum absolute atomic E-state index is 11.8. The smallest absolute Gasteiger partial charge is 0.360 e. The van der Waals surface area contributed by atoms with E-state index in [1.807, 2.05) is 0 Å². The molecule has 1 N–H and O–H groups in total. The van der Waals surface area contributed by atoms with Crippen molar-refractivity contribution in [1.29, 1.82) is 0 Å². The number of aromatic nitrogens is 2. The van der Waals surface area contributed by atoms with E-state index < -0.39 is 22.0 Å². The van der Waals surface area contributed by atoms with Gasteiger partial charge in [0.15, 0.2) is 17.3 Å². The number of ketones is 2. The fourth-order valence-electron chi connectivity index (χ4n) is 1.30. The maximum Gasteiger partial charge on any atom is 0.360 e. The van der Waals surface area contributed by atoms with Crippen LogP contribution >= 0.6 is 31.9 Å². The monoisotopic (exact) mass is 452 g/mol. The molecule has 0 aliphatic carbocycles. The van der Waals surface area contributed by atoms with Crippen molar-refractivity contribution in [3.63, 3.8) is 0 Å². The summed E-state index contributed by atoms with van der Waals surface area (Å²) in [5, 5.41) is 3.76. The normalized spacial score (nSPS) is 13.0. The van der Waals surface area contributed by atoms with Crippen molar-refractivity contribution in [2.24, 2.45) is 0 Å². The van der Waals surface area contributed by atoms with Crippen molar-refractivity contribution in [3.8, 4) is 0 Å². The lowest BCUT2D eigenvalue weighted by Crippen LogP contribution is -2.21. The van der Waals surface area contributed by atoms with Gasteiger partial charge in [-0.25, -0.2) is 9.59 Å². The van der Waals surface area contributed by atoms with Crippen LogP contribution in [0.2, 0.25) is 0 Å². The van der Waals surface area contributed by atoms with E-state index in [0.717, 1.165) is 6.07 Å². The molecule has 0 saturated carbocycles. The number of Topliss-reactive ketones (excluding diaryl/α,β-unsaturated/α-hetero) is 2. The average Bonchev–Trinajstić information content (AvgIpc) is 3.03. The molecule has 126 valence electrons. The molecule has 10 heteroatoms. The third kappa shape index (κ3) is 5.54. The van der Waals surface area contributed by atoms with Crippen molar-refractivity contribution < 1.29 is 28.7 Å². The Bertz CT molecular complexity index is 565. The highest BCUT2D eigenvalue weighted by molar-refractivity contribution is 9.10. The predicted octanol–water partition coefficient (Wildman–Crippen LogP) is 2.12. The van der Waals surface area contributed by atoms with Gasteiger partial charge in [0.2, 0.25) is 10.0 Å². The molecule has 2 atom stereocenters. The Kier molecular flexibility index (Phi) is 7.56. The number of nitrogens with one attached hydrogen (secondary N) is 1. The van der Waals surface area contributed by atoms with E-state index in [4.69, 9.17) is 9.47 Å². The number of alkyl halides is 2. The molecule has 0 saturated heterocycles. The van der Waals surface area contributed by atoms with Crippen LogP contribution in [0.15, 0.2) is 6.07 Å². The second-order valence-electron chi connectivity index (χ2n) is 4.25. The van der Waals surface area contributed by atoms with Crippen molar-refractivity contribution >= 4 is 55.4 Å². The number of aromatic amines is 1. The summed E-state index contributed by atoms with van der Waals surface area (Å²) in [6.07, 6.45) is 0.390. The van der Waals surface area contributed by atoms with Gasteiger partial charge in [-0.05, 0) is 31.9 Å². The van der Waals surface area contributed by atoms with Gasteiger partial charge < -0.3 is 9.47 Å². The summed E-state index contributed by atoms with van der Waals surface area (Å²) >= 11 is 5.86. The van der Waals surface area contributed by atoms with Gasteiger partial charge in [0.1, 0.15) is 5.69 Å². The van der Waals surface area contributed by atoms with Gasteiger partial charge in [0.05, 0.1) is 0 Å². The molecule has 8 nitrogen and oxygen atoms in total. The highest BCUT2D eigenvalue weighted by Crippen LogP contribution is 2.13. The number of hydrogen-bond acceptors (Lipinski definition) is 7. The van der Waals surface area contributed by atoms with Crippen LogP contribution in [-0.4, -0.2) is 43.7 Å². The number of carbonyl (C=O) groups excluding carboxylic acids is 4. The lowest BCUT2D eigenvalue weighted by molar-refractivity contribution is -0.123. The minimum absolute atomic E-state index is 0.127. The predicted molar refractivity (Wildman–Crippen MR) is 85.4 cm³/mol. The third-order valence-electron chi connectivity index (χ3n) is 2.63. The molecule has 0 spiro atoms. The molecule has 0 aliphatic rings. The van der Waals surface area contributed by atoms with Crippen LogP contribution < -0.4 is 0 Å². The van der Waals surface area contributed by atoms with E-state index in [-0.39, 0.29) is 35.8 Å². The molecular formula is C13H14Br2N2O6. The van der Waals surface area contributed by atoms with E-state index in [2.05, 4.69) is 42.1 Å². The zero-order valence-electron chi connectivity index (χ0n) is 12.3. The number of halogens is 2. The molecule has 0 aromatic carbocycles. The number of rotatable bonds is 8. The minimum atomic E-state index is -1.08.